The van der Waals surface area contributed by atoms with E-state index in [1.807, 2.05) is 111 Å². The van der Waals surface area contributed by atoms with Gasteiger partial charge in [0.1, 0.15) is 25.0 Å². The molecule has 3 N–H and O–H groups in total. The first-order valence-electron chi connectivity index (χ1n) is 16.4. The van der Waals surface area contributed by atoms with Crippen LogP contribution in [0.25, 0.3) is 0 Å². The normalized spacial score (nSPS) is 11.6. The fourth-order valence-electron chi connectivity index (χ4n) is 5.32. The van der Waals surface area contributed by atoms with Crippen molar-refractivity contribution in [3.8, 4) is 5.75 Å². The highest BCUT2D eigenvalue weighted by Gasteiger charge is 2.30. The number of hydrogen-bond donors (Lipinski definition) is 3. The molecule has 3 amide bonds. The molecule has 2 heterocycles. The summed E-state index contributed by atoms with van der Waals surface area (Å²) in [4.78, 5) is 53.6. The molecule has 5 rings (SSSR count). The third-order valence-electron chi connectivity index (χ3n) is 8.19. The molecule has 1 atom stereocenters. The van der Waals surface area contributed by atoms with Crippen LogP contribution in [0.2, 0.25) is 0 Å². The number of hydrogen-bond acceptors (Lipinski definition) is 7. The van der Waals surface area contributed by atoms with Crippen LogP contribution in [0.4, 0.5) is 4.79 Å². The summed E-state index contributed by atoms with van der Waals surface area (Å²) in [5.41, 5.74) is 3.78. The number of carbonyl (C=O) groups excluding carboxylic acids is 3. The number of H-pyrrole nitrogens is 1. The molecule has 0 aliphatic rings. The van der Waals surface area contributed by atoms with Crippen LogP contribution < -0.4 is 15.4 Å². The van der Waals surface area contributed by atoms with E-state index >= 15 is 0 Å². The standard InChI is InChI=1S/C39H42N6O5/c1-39(2,32-14-7-4-8-15-32)27-42-36(46)24-45(23-31-13-9-10-16-35(31)49-25-30-17-19-40-20-18-30)37(47)34(21-33-22-41-28-43-33)44-38(48)50-26-29-11-5-3-6-12-29/h3-20,22,28,34H,21,23-27H2,1-2H3,(H,41,43)(H,42,46)(H,44,48). The van der Waals surface area contributed by atoms with Crippen LogP contribution in [0.3, 0.4) is 0 Å². The zero-order valence-electron chi connectivity index (χ0n) is 28.2. The maximum absolute atomic E-state index is 14.4. The number of rotatable bonds is 16. The van der Waals surface area contributed by atoms with Gasteiger partial charge in [-0.25, -0.2) is 9.78 Å². The van der Waals surface area contributed by atoms with E-state index in [-0.39, 0.29) is 37.4 Å². The lowest BCUT2D eigenvalue weighted by molar-refractivity contribution is -0.138. The first-order valence-corrected chi connectivity index (χ1v) is 16.4. The van der Waals surface area contributed by atoms with E-state index in [0.717, 1.165) is 16.7 Å². The van der Waals surface area contributed by atoms with Crippen LogP contribution in [0, 0.1) is 0 Å². The number of amides is 3. The minimum absolute atomic E-state index is 0.0309. The Morgan fingerprint density at radius 1 is 0.840 bits per heavy atom. The monoisotopic (exact) mass is 674 g/mol. The highest BCUT2D eigenvalue weighted by molar-refractivity contribution is 5.89. The molecule has 11 nitrogen and oxygen atoms in total. The van der Waals surface area contributed by atoms with Gasteiger partial charge in [0.15, 0.2) is 0 Å². The Morgan fingerprint density at radius 3 is 2.24 bits per heavy atom. The molecule has 0 saturated carbocycles. The van der Waals surface area contributed by atoms with Crippen LogP contribution in [0.5, 0.6) is 5.75 Å². The molecule has 11 heteroatoms. The Bertz CT molecular complexity index is 1800. The zero-order valence-corrected chi connectivity index (χ0v) is 28.2. The number of pyridine rings is 1. The number of benzene rings is 3. The van der Waals surface area contributed by atoms with Gasteiger partial charge in [0, 0.05) is 54.8 Å². The lowest BCUT2D eigenvalue weighted by Gasteiger charge is -2.29. The summed E-state index contributed by atoms with van der Waals surface area (Å²) < 4.78 is 11.6. The van der Waals surface area contributed by atoms with Gasteiger partial charge in [-0.1, -0.05) is 92.7 Å². The van der Waals surface area contributed by atoms with Crippen molar-refractivity contribution >= 4 is 17.9 Å². The van der Waals surface area contributed by atoms with Crippen molar-refractivity contribution in [2.45, 2.75) is 51.5 Å². The molecule has 50 heavy (non-hydrogen) atoms. The van der Waals surface area contributed by atoms with Crippen molar-refractivity contribution in [3.05, 3.63) is 150 Å². The van der Waals surface area contributed by atoms with Crippen LogP contribution in [0.1, 0.15) is 41.8 Å². The van der Waals surface area contributed by atoms with Crippen molar-refractivity contribution in [1.82, 2.24) is 30.5 Å². The van der Waals surface area contributed by atoms with Crippen molar-refractivity contribution < 1.29 is 23.9 Å². The minimum atomic E-state index is -1.07. The number of nitrogens with zero attached hydrogens (tertiary/aromatic N) is 3. The van der Waals surface area contributed by atoms with E-state index in [2.05, 4.69) is 25.6 Å². The number of aromatic amines is 1. The van der Waals surface area contributed by atoms with Gasteiger partial charge in [0.05, 0.1) is 12.9 Å². The summed E-state index contributed by atoms with van der Waals surface area (Å²) in [5.74, 6) is -0.254. The fourth-order valence-corrected chi connectivity index (χ4v) is 5.32. The predicted octanol–water partition coefficient (Wildman–Crippen LogP) is 5.34. The molecule has 1 unspecified atom stereocenters. The van der Waals surface area contributed by atoms with Crippen molar-refractivity contribution in [2.75, 3.05) is 13.1 Å². The molecule has 3 aromatic carbocycles. The molecule has 0 aliphatic heterocycles. The summed E-state index contributed by atoms with van der Waals surface area (Å²) in [7, 11) is 0. The summed E-state index contributed by atoms with van der Waals surface area (Å²) in [5, 5.41) is 5.75. The average molecular weight is 675 g/mol. The topological polar surface area (TPSA) is 139 Å². The van der Waals surface area contributed by atoms with Crippen LogP contribution in [-0.4, -0.2) is 56.9 Å². The fraction of sp³-hybridized carbons (Fsp3) is 0.256. The van der Waals surface area contributed by atoms with E-state index < -0.39 is 18.0 Å². The molecule has 0 bridgehead atoms. The van der Waals surface area contributed by atoms with Crippen molar-refractivity contribution in [1.29, 1.82) is 0 Å². The Kier molecular flexibility index (Phi) is 12.3. The second kappa shape index (κ2) is 17.4. The van der Waals surface area contributed by atoms with Gasteiger partial charge >= 0.3 is 6.09 Å². The van der Waals surface area contributed by atoms with Gasteiger partial charge in [-0.05, 0) is 34.9 Å². The largest absolute Gasteiger partial charge is 0.489 e. The summed E-state index contributed by atoms with van der Waals surface area (Å²) in [6.45, 7) is 4.55. The molecule has 0 saturated heterocycles. The Morgan fingerprint density at radius 2 is 1.52 bits per heavy atom. The summed E-state index contributed by atoms with van der Waals surface area (Å²) >= 11 is 0. The van der Waals surface area contributed by atoms with Gasteiger partial charge < -0.3 is 30.0 Å². The third-order valence-corrected chi connectivity index (χ3v) is 8.19. The van der Waals surface area contributed by atoms with Crippen LogP contribution in [-0.2, 0) is 45.9 Å². The molecule has 0 radical (unpaired) electrons. The van der Waals surface area contributed by atoms with E-state index in [9.17, 15) is 14.4 Å². The Labute approximate surface area is 292 Å². The smallest absolute Gasteiger partial charge is 0.408 e. The number of nitrogens with one attached hydrogen (secondary N) is 3. The molecule has 0 aliphatic carbocycles. The predicted molar refractivity (Wildman–Crippen MR) is 189 cm³/mol. The number of alkyl carbamates (subject to hydrolysis) is 1. The molecule has 0 fully saturated rings. The molecule has 0 spiro atoms. The van der Waals surface area contributed by atoms with Gasteiger partial charge in [-0.2, -0.15) is 0 Å². The second-order valence-electron chi connectivity index (χ2n) is 12.5. The maximum atomic E-state index is 14.4. The van der Waals surface area contributed by atoms with E-state index in [4.69, 9.17) is 9.47 Å². The van der Waals surface area contributed by atoms with Crippen LogP contribution >= 0.6 is 0 Å². The molecular weight excluding hydrogens is 632 g/mol. The molecule has 2 aromatic heterocycles. The SMILES string of the molecule is CC(C)(CNC(=O)CN(Cc1ccccc1OCc1ccncc1)C(=O)C(Cc1cnc[nH]1)NC(=O)OCc1ccccc1)c1ccccc1. The Hall–Kier alpha value is -5.97. The molecular formula is C39H42N6O5. The van der Waals surface area contributed by atoms with Gasteiger partial charge in [-0.15, -0.1) is 0 Å². The second-order valence-corrected chi connectivity index (χ2v) is 12.5. The van der Waals surface area contributed by atoms with E-state index in [1.54, 1.807) is 18.6 Å². The average Bonchev–Trinajstić information content (AvgIpc) is 3.66. The highest BCUT2D eigenvalue weighted by Crippen LogP contribution is 2.23. The number of imidazole rings is 1. The zero-order chi connectivity index (χ0) is 35.2. The summed E-state index contributed by atoms with van der Waals surface area (Å²) in [6.07, 6.45) is 5.81. The third kappa shape index (κ3) is 10.5. The van der Waals surface area contributed by atoms with Gasteiger partial charge in [0.2, 0.25) is 11.8 Å². The number of carbonyl (C=O) groups is 3. The highest BCUT2D eigenvalue weighted by atomic mass is 16.5. The lowest BCUT2D eigenvalue weighted by atomic mass is 9.84. The van der Waals surface area contributed by atoms with E-state index in [0.29, 0.717) is 30.2 Å². The van der Waals surface area contributed by atoms with Gasteiger partial charge in [0.25, 0.3) is 0 Å². The van der Waals surface area contributed by atoms with Crippen LogP contribution in [0.15, 0.2) is 122 Å². The molecule has 258 valence electrons. The Balaban J connectivity index is 1.36. The quantitative estimate of drug-likeness (QED) is 0.128. The lowest BCUT2D eigenvalue weighted by Crippen LogP contribution is -2.52. The number of ether oxygens (including phenoxy) is 2. The number of para-hydroxylation sites is 1. The summed E-state index contributed by atoms with van der Waals surface area (Å²) in [6, 6.07) is 29.2. The molecule has 5 aromatic rings. The first kappa shape index (κ1) is 35.3. The van der Waals surface area contributed by atoms with Crippen molar-refractivity contribution in [2.24, 2.45) is 0 Å². The first-order chi connectivity index (χ1) is 24.3. The van der Waals surface area contributed by atoms with Gasteiger partial charge in [-0.3, -0.25) is 14.6 Å². The van der Waals surface area contributed by atoms with E-state index in [1.165, 1.54) is 11.2 Å². The minimum Gasteiger partial charge on any atom is -0.489 e. The maximum Gasteiger partial charge on any atom is 0.408 e. The number of aromatic nitrogens is 3. The van der Waals surface area contributed by atoms with Crippen molar-refractivity contribution in [3.63, 3.8) is 0 Å².